The topological polar surface area (TPSA) is 50.1 Å². The molecule has 0 aliphatic heterocycles. The van der Waals surface area contributed by atoms with Crippen molar-refractivity contribution in [1.82, 2.24) is 5.16 Å². The van der Waals surface area contributed by atoms with Gasteiger partial charge in [-0.05, 0) is 20.6 Å². The fourth-order valence-electron chi connectivity index (χ4n) is 0.879. The highest BCUT2D eigenvalue weighted by Gasteiger charge is 2.16. The molecule has 0 bridgehead atoms. The van der Waals surface area contributed by atoms with Crippen molar-refractivity contribution in [3.63, 3.8) is 0 Å². The van der Waals surface area contributed by atoms with Gasteiger partial charge < -0.3 is 5.21 Å². The number of halogens is 2. The Morgan fingerprint density at radius 3 is 3.08 bits per heavy atom. The first-order chi connectivity index (χ1) is 5.68. The Balaban J connectivity index is 2.87. The van der Waals surface area contributed by atoms with Gasteiger partial charge in [-0.1, -0.05) is 11.6 Å². The summed E-state index contributed by atoms with van der Waals surface area (Å²) in [6.45, 7) is 0. The SMILES string of the molecule is O[n+]1onc2cc(Cl)c(Br)cc21. The number of aromatic nitrogens is 2. The predicted molar refractivity (Wildman–Crippen MR) is 44.1 cm³/mol. The van der Waals surface area contributed by atoms with Crippen LogP contribution in [0, 0.1) is 0 Å². The highest BCUT2D eigenvalue weighted by Crippen LogP contribution is 2.25. The molecule has 0 fully saturated rings. The molecular weight excluding hydrogens is 247 g/mol. The van der Waals surface area contributed by atoms with Crippen LogP contribution in [0.3, 0.4) is 0 Å². The van der Waals surface area contributed by atoms with E-state index in [0.29, 0.717) is 25.4 Å². The lowest BCUT2D eigenvalue weighted by Crippen LogP contribution is -2.26. The number of hydrogen-bond donors (Lipinski definition) is 1. The summed E-state index contributed by atoms with van der Waals surface area (Å²) in [7, 11) is 0. The molecule has 1 N–H and O–H groups in total. The van der Waals surface area contributed by atoms with E-state index < -0.39 is 0 Å². The van der Waals surface area contributed by atoms with Crippen molar-refractivity contribution in [3.05, 3.63) is 21.6 Å². The van der Waals surface area contributed by atoms with Gasteiger partial charge in [-0.25, -0.2) is 0 Å². The molecule has 0 atom stereocenters. The highest BCUT2D eigenvalue weighted by atomic mass is 79.9. The maximum Gasteiger partial charge on any atom is 0.280 e. The van der Waals surface area contributed by atoms with Crippen LogP contribution < -0.4 is 4.90 Å². The van der Waals surface area contributed by atoms with E-state index in [-0.39, 0.29) is 0 Å². The number of nitrogens with zero attached hydrogens (tertiary/aromatic N) is 2. The van der Waals surface area contributed by atoms with E-state index in [0.717, 1.165) is 0 Å². The van der Waals surface area contributed by atoms with Crippen LogP contribution in [0.5, 0.6) is 0 Å². The predicted octanol–water partition coefficient (Wildman–Crippen LogP) is 1.77. The Morgan fingerprint density at radius 1 is 1.58 bits per heavy atom. The number of fused-ring (bicyclic) bond motifs is 1. The second-order valence-corrected chi connectivity index (χ2v) is 3.46. The third kappa shape index (κ3) is 1.05. The Kier molecular flexibility index (Phi) is 1.69. The van der Waals surface area contributed by atoms with Crippen LogP contribution in [0.2, 0.25) is 5.02 Å². The molecular formula is C6H3BrClN2O2+. The molecule has 12 heavy (non-hydrogen) atoms. The van der Waals surface area contributed by atoms with Gasteiger partial charge in [-0.2, -0.15) is 0 Å². The van der Waals surface area contributed by atoms with Crippen molar-refractivity contribution < 1.29 is 14.7 Å². The lowest BCUT2D eigenvalue weighted by molar-refractivity contribution is -1.02. The summed E-state index contributed by atoms with van der Waals surface area (Å²) in [6, 6.07) is 3.21. The maximum atomic E-state index is 9.05. The first-order valence-corrected chi connectivity index (χ1v) is 4.22. The molecule has 0 radical (unpaired) electrons. The zero-order chi connectivity index (χ0) is 8.72. The van der Waals surface area contributed by atoms with E-state index in [4.69, 9.17) is 16.8 Å². The van der Waals surface area contributed by atoms with Crippen molar-refractivity contribution in [2.24, 2.45) is 0 Å². The van der Waals surface area contributed by atoms with Gasteiger partial charge >= 0.3 is 0 Å². The lowest BCUT2D eigenvalue weighted by atomic mass is 10.3. The molecule has 1 heterocycles. The third-order valence-corrected chi connectivity index (χ3v) is 2.64. The van der Waals surface area contributed by atoms with Crippen LogP contribution in [-0.4, -0.2) is 10.4 Å². The Hall–Kier alpha value is -0.810. The molecule has 1 aromatic heterocycles. The minimum absolute atomic E-state index is 0.464. The second kappa shape index (κ2) is 2.60. The first-order valence-electron chi connectivity index (χ1n) is 3.05. The molecule has 62 valence electrons. The van der Waals surface area contributed by atoms with E-state index >= 15 is 0 Å². The van der Waals surface area contributed by atoms with Gasteiger partial charge in [0.25, 0.3) is 11.0 Å². The smallest absolute Gasteiger partial charge is 0.280 e. The van der Waals surface area contributed by atoms with Crippen molar-refractivity contribution in [2.75, 3.05) is 0 Å². The van der Waals surface area contributed by atoms with E-state index in [2.05, 4.69) is 25.7 Å². The molecule has 2 rings (SSSR count). The highest BCUT2D eigenvalue weighted by molar-refractivity contribution is 9.10. The molecule has 6 heteroatoms. The molecule has 4 nitrogen and oxygen atoms in total. The normalized spacial score (nSPS) is 10.8. The minimum Gasteiger partial charge on any atom is -0.316 e. The van der Waals surface area contributed by atoms with Crippen molar-refractivity contribution in [1.29, 1.82) is 0 Å². The minimum atomic E-state index is 0.464. The quantitative estimate of drug-likeness (QED) is 0.725. The molecule has 0 amide bonds. The van der Waals surface area contributed by atoms with Crippen LogP contribution >= 0.6 is 27.5 Å². The molecule has 1 aromatic carbocycles. The zero-order valence-electron chi connectivity index (χ0n) is 5.66. The van der Waals surface area contributed by atoms with Crippen LogP contribution in [0.25, 0.3) is 11.0 Å². The van der Waals surface area contributed by atoms with Gasteiger partial charge in [0.05, 0.1) is 5.02 Å². The van der Waals surface area contributed by atoms with Gasteiger partial charge in [0, 0.05) is 16.6 Å². The monoisotopic (exact) mass is 249 g/mol. The van der Waals surface area contributed by atoms with Crippen LogP contribution in [0.15, 0.2) is 21.2 Å². The number of rotatable bonds is 0. The summed E-state index contributed by atoms with van der Waals surface area (Å²) in [5.41, 5.74) is 0.969. The van der Waals surface area contributed by atoms with Crippen molar-refractivity contribution in [3.8, 4) is 0 Å². The largest absolute Gasteiger partial charge is 0.316 e. The van der Waals surface area contributed by atoms with Gasteiger partial charge in [-0.15, -0.1) is 0 Å². The lowest BCUT2D eigenvalue weighted by Gasteiger charge is -1.88. The molecule has 0 saturated carbocycles. The van der Waals surface area contributed by atoms with E-state index in [9.17, 15) is 0 Å². The Bertz CT molecular complexity index is 442. The zero-order valence-corrected chi connectivity index (χ0v) is 8.00. The molecule has 0 unspecified atom stereocenters. The van der Waals surface area contributed by atoms with Crippen molar-refractivity contribution in [2.45, 2.75) is 0 Å². The van der Waals surface area contributed by atoms with E-state index in [1.165, 1.54) is 0 Å². The average molecular weight is 250 g/mol. The van der Waals surface area contributed by atoms with E-state index in [1.807, 2.05) is 0 Å². The third-order valence-electron chi connectivity index (χ3n) is 1.44. The fourth-order valence-corrected chi connectivity index (χ4v) is 1.37. The Morgan fingerprint density at radius 2 is 2.33 bits per heavy atom. The van der Waals surface area contributed by atoms with Gasteiger partial charge in [0.1, 0.15) is 4.90 Å². The maximum absolute atomic E-state index is 9.05. The summed E-state index contributed by atoms with van der Waals surface area (Å²) in [4.78, 5) is 0.580. The number of hydrogen-bond acceptors (Lipinski definition) is 3. The summed E-state index contributed by atoms with van der Waals surface area (Å²) in [5.74, 6) is 0. The summed E-state index contributed by atoms with van der Waals surface area (Å²) in [5, 5.41) is 13.1. The van der Waals surface area contributed by atoms with Crippen LogP contribution in [0.4, 0.5) is 0 Å². The molecule has 0 aliphatic carbocycles. The molecule has 0 spiro atoms. The average Bonchev–Trinajstić information content (AvgIpc) is 2.35. The fraction of sp³-hybridized carbons (Fsp3) is 0. The van der Waals surface area contributed by atoms with Crippen LogP contribution in [0.1, 0.15) is 0 Å². The molecule has 2 aromatic rings. The van der Waals surface area contributed by atoms with Crippen LogP contribution in [-0.2, 0) is 0 Å². The van der Waals surface area contributed by atoms with Gasteiger partial charge in [-0.3, -0.25) is 0 Å². The van der Waals surface area contributed by atoms with Gasteiger partial charge in [0.15, 0.2) is 5.16 Å². The Labute approximate surface area is 80.4 Å². The summed E-state index contributed by atoms with van der Waals surface area (Å²) >= 11 is 8.99. The van der Waals surface area contributed by atoms with E-state index in [1.54, 1.807) is 12.1 Å². The summed E-state index contributed by atoms with van der Waals surface area (Å²) < 4.78 is 5.15. The van der Waals surface area contributed by atoms with Gasteiger partial charge in [0.2, 0.25) is 0 Å². The second-order valence-electron chi connectivity index (χ2n) is 2.20. The standard InChI is InChI=1S/C6H3BrClN2O2/c7-3-1-6-5(2-4(3)8)9-12-10(6)11/h1-2,11H/q+1. The summed E-state index contributed by atoms with van der Waals surface area (Å²) in [6.07, 6.45) is 0. The molecule has 0 saturated heterocycles. The first kappa shape index (κ1) is 7.82. The molecule has 0 aliphatic rings. The number of benzene rings is 1. The van der Waals surface area contributed by atoms with Crippen molar-refractivity contribution >= 4 is 38.6 Å².